The van der Waals surface area contributed by atoms with Gasteiger partial charge in [0.25, 0.3) is 0 Å². The average molecular weight is 380 g/mol. The van der Waals surface area contributed by atoms with Crippen molar-refractivity contribution in [2.24, 2.45) is 0 Å². The third kappa shape index (κ3) is 3.93. The second-order valence-electron chi connectivity index (χ2n) is 5.39. The molecule has 1 N–H and O–H groups in total. The lowest BCUT2D eigenvalue weighted by atomic mass is 10.2. The topological polar surface area (TPSA) is 46.9 Å². The van der Waals surface area contributed by atoms with E-state index in [0.717, 1.165) is 28.0 Å². The van der Waals surface area contributed by atoms with Crippen LogP contribution in [0.1, 0.15) is 31.7 Å². The quantitative estimate of drug-likeness (QED) is 0.778. The van der Waals surface area contributed by atoms with E-state index in [0.29, 0.717) is 11.8 Å². The van der Waals surface area contributed by atoms with Crippen LogP contribution in [0.5, 0.6) is 0 Å². The van der Waals surface area contributed by atoms with Gasteiger partial charge in [0.2, 0.25) is 5.91 Å². The normalized spacial score (nSPS) is 15.1. The largest absolute Gasteiger partial charge is 0.310 e. The van der Waals surface area contributed by atoms with Crippen LogP contribution >= 0.6 is 27.7 Å². The number of rotatable bonds is 5. The van der Waals surface area contributed by atoms with Gasteiger partial charge in [-0.25, -0.2) is 4.68 Å². The zero-order valence-electron chi connectivity index (χ0n) is 12.2. The minimum absolute atomic E-state index is 0.00437. The summed E-state index contributed by atoms with van der Waals surface area (Å²) in [7, 11) is 0. The molecule has 1 aromatic heterocycles. The van der Waals surface area contributed by atoms with Crippen LogP contribution in [0.15, 0.2) is 45.9 Å². The monoisotopic (exact) mass is 379 g/mol. The first-order valence-electron chi connectivity index (χ1n) is 7.44. The number of nitrogens with one attached hydrogen (secondary N) is 1. The summed E-state index contributed by atoms with van der Waals surface area (Å²) < 4.78 is 2.99. The second kappa shape index (κ2) is 7.33. The van der Waals surface area contributed by atoms with Crippen molar-refractivity contribution in [2.75, 3.05) is 11.1 Å². The van der Waals surface area contributed by atoms with Gasteiger partial charge in [-0.3, -0.25) is 4.79 Å². The molecule has 6 heteroatoms. The van der Waals surface area contributed by atoms with Gasteiger partial charge in [-0.2, -0.15) is 5.10 Å². The molecule has 1 saturated carbocycles. The number of nitrogens with zero attached hydrogens (tertiary/aromatic N) is 2. The molecule has 0 saturated heterocycles. The van der Waals surface area contributed by atoms with Gasteiger partial charge < -0.3 is 5.32 Å². The Labute approximate surface area is 142 Å². The highest BCUT2D eigenvalue weighted by Crippen LogP contribution is 2.31. The Morgan fingerprint density at radius 3 is 2.95 bits per heavy atom. The van der Waals surface area contributed by atoms with Crippen molar-refractivity contribution in [3.05, 3.63) is 41.0 Å². The van der Waals surface area contributed by atoms with Gasteiger partial charge in [-0.15, -0.1) is 11.8 Å². The molecule has 1 amide bonds. The molecule has 1 aromatic carbocycles. The number of carbonyl (C=O) groups is 1. The first-order chi connectivity index (χ1) is 10.7. The maximum atomic E-state index is 12.2. The van der Waals surface area contributed by atoms with E-state index in [1.807, 2.05) is 35.0 Å². The van der Waals surface area contributed by atoms with Crippen molar-refractivity contribution < 1.29 is 4.79 Å². The zero-order chi connectivity index (χ0) is 15.4. The summed E-state index contributed by atoms with van der Waals surface area (Å²) in [5, 5.41) is 7.35. The van der Waals surface area contributed by atoms with Gasteiger partial charge in [-0.05, 0) is 31.0 Å². The van der Waals surface area contributed by atoms with E-state index in [2.05, 4.69) is 26.3 Å². The molecule has 1 aliphatic carbocycles. The van der Waals surface area contributed by atoms with Crippen LogP contribution in [0.3, 0.4) is 0 Å². The average Bonchev–Trinajstić information content (AvgIpc) is 3.16. The number of hydrogen-bond donors (Lipinski definition) is 1. The molecule has 116 valence electrons. The summed E-state index contributed by atoms with van der Waals surface area (Å²) in [5.41, 5.74) is 0. The van der Waals surface area contributed by atoms with Crippen LogP contribution in [0.25, 0.3) is 0 Å². The Hall–Kier alpha value is -1.27. The maximum Gasteiger partial charge on any atom is 0.235 e. The molecule has 22 heavy (non-hydrogen) atoms. The summed E-state index contributed by atoms with van der Waals surface area (Å²) in [4.78, 5) is 13.2. The smallest absolute Gasteiger partial charge is 0.235 e. The number of anilines is 1. The van der Waals surface area contributed by atoms with Crippen molar-refractivity contribution in [1.82, 2.24) is 9.78 Å². The highest BCUT2D eigenvalue weighted by molar-refractivity contribution is 9.10. The van der Waals surface area contributed by atoms with Gasteiger partial charge >= 0.3 is 0 Å². The highest BCUT2D eigenvalue weighted by Gasteiger charge is 2.20. The maximum absolute atomic E-state index is 12.2. The molecule has 0 spiro atoms. The minimum Gasteiger partial charge on any atom is -0.310 e. The number of halogens is 1. The molecule has 0 atom stereocenters. The third-order valence-electron chi connectivity index (χ3n) is 3.77. The molecule has 1 heterocycles. The number of thioether (sulfide) groups is 1. The summed E-state index contributed by atoms with van der Waals surface area (Å²) in [6.07, 6.45) is 6.55. The van der Waals surface area contributed by atoms with Crippen LogP contribution in [0.4, 0.5) is 5.82 Å². The molecular weight excluding hydrogens is 362 g/mol. The van der Waals surface area contributed by atoms with Gasteiger partial charge in [0.05, 0.1) is 18.0 Å². The summed E-state index contributed by atoms with van der Waals surface area (Å²) in [5.74, 6) is 1.21. The molecule has 3 rings (SSSR count). The van der Waals surface area contributed by atoms with Gasteiger partial charge in [0, 0.05) is 15.4 Å². The number of benzene rings is 1. The zero-order valence-corrected chi connectivity index (χ0v) is 14.6. The van der Waals surface area contributed by atoms with Crippen LogP contribution in [0.2, 0.25) is 0 Å². The number of carbonyl (C=O) groups excluding carboxylic acids is 1. The van der Waals surface area contributed by atoms with Crippen molar-refractivity contribution in [3.8, 4) is 0 Å². The van der Waals surface area contributed by atoms with Crippen LogP contribution < -0.4 is 5.32 Å². The molecule has 0 radical (unpaired) electrons. The molecule has 0 aliphatic heterocycles. The molecular formula is C16H18BrN3OS. The van der Waals surface area contributed by atoms with E-state index in [9.17, 15) is 4.79 Å². The Bertz CT molecular complexity index is 652. The van der Waals surface area contributed by atoms with Gasteiger partial charge in [0.15, 0.2) is 0 Å². The standard InChI is InChI=1S/C16H18BrN3OS/c17-12-4-3-7-14(10-12)22-11-16(21)19-15-8-9-18-20(15)13-5-1-2-6-13/h3-4,7-10,13H,1-2,5-6,11H2,(H,19,21). The van der Waals surface area contributed by atoms with Crippen molar-refractivity contribution >= 4 is 39.4 Å². The lowest BCUT2D eigenvalue weighted by Gasteiger charge is -2.14. The molecule has 4 nitrogen and oxygen atoms in total. The van der Waals surface area contributed by atoms with Gasteiger partial charge in [0.1, 0.15) is 5.82 Å². The van der Waals surface area contributed by atoms with E-state index in [4.69, 9.17) is 0 Å². The fraction of sp³-hybridized carbons (Fsp3) is 0.375. The predicted octanol–water partition coefficient (Wildman–Crippen LogP) is 4.49. The summed E-state index contributed by atoms with van der Waals surface area (Å²) in [6, 6.07) is 10.3. The Balaban J connectivity index is 1.57. The number of hydrogen-bond acceptors (Lipinski definition) is 3. The second-order valence-corrected chi connectivity index (χ2v) is 7.36. The van der Waals surface area contributed by atoms with Gasteiger partial charge in [-0.1, -0.05) is 34.8 Å². The lowest BCUT2D eigenvalue weighted by Crippen LogP contribution is -2.19. The molecule has 0 unspecified atom stereocenters. The van der Waals surface area contributed by atoms with Crippen LogP contribution in [-0.4, -0.2) is 21.4 Å². The van der Waals surface area contributed by atoms with Crippen molar-refractivity contribution in [3.63, 3.8) is 0 Å². The van der Waals surface area contributed by atoms with Crippen molar-refractivity contribution in [2.45, 2.75) is 36.6 Å². The third-order valence-corrected chi connectivity index (χ3v) is 5.26. The molecule has 2 aromatic rings. The predicted molar refractivity (Wildman–Crippen MR) is 93.2 cm³/mol. The van der Waals surface area contributed by atoms with E-state index in [1.165, 1.54) is 24.6 Å². The first kappa shape index (κ1) is 15.6. The summed E-state index contributed by atoms with van der Waals surface area (Å²) in [6.45, 7) is 0. The highest BCUT2D eigenvalue weighted by atomic mass is 79.9. The number of amides is 1. The van der Waals surface area contributed by atoms with Crippen molar-refractivity contribution in [1.29, 1.82) is 0 Å². The van der Waals surface area contributed by atoms with E-state index in [1.54, 1.807) is 6.20 Å². The fourth-order valence-corrected chi connectivity index (χ4v) is 4.04. The van der Waals surface area contributed by atoms with E-state index >= 15 is 0 Å². The first-order valence-corrected chi connectivity index (χ1v) is 9.22. The van der Waals surface area contributed by atoms with E-state index in [-0.39, 0.29) is 5.91 Å². The van der Waals surface area contributed by atoms with Crippen LogP contribution in [-0.2, 0) is 4.79 Å². The molecule has 1 fully saturated rings. The van der Waals surface area contributed by atoms with Crippen LogP contribution in [0, 0.1) is 0 Å². The summed E-state index contributed by atoms with van der Waals surface area (Å²) >= 11 is 4.97. The Kier molecular flexibility index (Phi) is 5.20. The molecule has 1 aliphatic rings. The van der Waals surface area contributed by atoms with E-state index < -0.39 is 0 Å². The Morgan fingerprint density at radius 1 is 1.36 bits per heavy atom. The lowest BCUT2D eigenvalue weighted by molar-refractivity contribution is -0.113. The fourth-order valence-electron chi connectivity index (χ4n) is 2.74. The minimum atomic E-state index is 0.00437. The number of aromatic nitrogens is 2. The Morgan fingerprint density at radius 2 is 2.18 bits per heavy atom. The SMILES string of the molecule is O=C(CSc1cccc(Br)c1)Nc1ccnn1C1CCCC1. The molecule has 0 bridgehead atoms.